The molecule has 4 aliphatic heterocycles. The van der Waals surface area contributed by atoms with Crippen molar-refractivity contribution < 1.29 is 25.6 Å². The van der Waals surface area contributed by atoms with E-state index in [2.05, 4.69) is 37.7 Å². The van der Waals surface area contributed by atoms with Crippen LogP contribution in [0.4, 0.5) is 0 Å². The molecule has 0 amide bonds. The minimum absolute atomic E-state index is 0.106. The Labute approximate surface area is 166 Å². The van der Waals surface area contributed by atoms with Gasteiger partial charge in [0.15, 0.2) is 0 Å². The normalized spacial score (nSPS) is 31.5. The van der Waals surface area contributed by atoms with Crippen molar-refractivity contribution in [3.05, 3.63) is 0 Å². The molecule has 2 unspecified atom stereocenters. The quantitative estimate of drug-likeness (QED) is 0.475. The second-order valence-electron chi connectivity index (χ2n) is 7.84. The van der Waals surface area contributed by atoms with E-state index in [4.69, 9.17) is 28.7 Å². The number of hydroxylamine groups is 4. The molecule has 0 aromatic carbocycles. The summed E-state index contributed by atoms with van der Waals surface area (Å²) in [6.07, 6.45) is 5.20. The molecule has 6 nitrogen and oxygen atoms in total. The van der Waals surface area contributed by atoms with E-state index in [0.717, 1.165) is 24.6 Å². The zero-order valence-electron chi connectivity index (χ0n) is 15.7. The van der Waals surface area contributed by atoms with Crippen molar-refractivity contribution in [1.29, 1.82) is 0 Å². The molecular weight excluding hydrogens is 458 g/mol. The van der Waals surface area contributed by atoms with E-state index >= 15 is 0 Å². The van der Waals surface area contributed by atoms with Gasteiger partial charge >= 0.3 is 35.0 Å². The van der Waals surface area contributed by atoms with Gasteiger partial charge in [-0.05, 0) is 53.4 Å². The Hall–Kier alpha value is 0.102. The van der Waals surface area contributed by atoms with Crippen molar-refractivity contribution in [1.82, 2.24) is 10.1 Å². The molecule has 2 fully saturated rings. The maximum absolute atomic E-state index is 5.48. The van der Waals surface area contributed by atoms with E-state index < -0.39 is 0 Å². The van der Waals surface area contributed by atoms with E-state index in [-0.39, 0.29) is 27.0 Å². The van der Waals surface area contributed by atoms with Gasteiger partial charge in [-0.1, -0.05) is 0 Å². The number of aliphatic imine (C=N–C) groups is 2. The fourth-order valence-corrected chi connectivity index (χ4v) is 3.58. The van der Waals surface area contributed by atoms with E-state index in [1.54, 1.807) is 0 Å². The summed E-state index contributed by atoms with van der Waals surface area (Å²) in [4.78, 5) is 19.7. The number of hydrogen-bond acceptors (Lipinski definition) is 6. The number of fused-ring (bicyclic) bond motifs is 2. The zero-order chi connectivity index (χ0) is 18.8. The summed E-state index contributed by atoms with van der Waals surface area (Å²) < 4.78 is 0. The molecule has 9 heteroatoms. The fourth-order valence-electron chi connectivity index (χ4n) is 3.58. The second-order valence-corrected chi connectivity index (χ2v) is 10.2. The first kappa shape index (κ1) is 21.4. The first-order chi connectivity index (χ1) is 11.6. The molecular formula is C16H28Cl2N4O2Pd. The Morgan fingerprint density at radius 1 is 0.880 bits per heavy atom. The molecule has 0 radical (unpaired) electrons. The fraction of sp³-hybridized carbons (Fsp3) is 0.875. The van der Waals surface area contributed by atoms with Crippen LogP contribution < -0.4 is 0 Å². The molecule has 25 heavy (non-hydrogen) atoms. The maximum atomic E-state index is 5.48. The monoisotopic (exact) mass is 484 g/mol. The Balaban J connectivity index is 0.000000156. The number of hydrogen-bond donors (Lipinski definition) is 0. The molecule has 0 bridgehead atoms. The minimum atomic E-state index is -0.106. The van der Waals surface area contributed by atoms with E-state index in [9.17, 15) is 0 Å². The van der Waals surface area contributed by atoms with Crippen LogP contribution in [0, 0.1) is 0 Å². The summed E-state index contributed by atoms with van der Waals surface area (Å²) >= 11 is -0.106. The van der Waals surface area contributed by atoms with E-state index in [1.165, 1.54) is 12.8 Å². The Morgan fingerprint density at radius 2 is 1.20 bits per heavy atom. The summed E-state index contributed by atoms with van der Waals surface area (Å²) in [6, 6.07) is 0. The van der Waals surface area contributed by atoms with Crippen LogP contribution in [0.3, 0.4) is 0 Å². The number of rotatable bonds is 0. The SMILES string of the molecule is CC1=NC2CCC(C)(C)N2O1.CC1=NC2CCC(C)(C)N2O1.[Cl][Pd][Cl]. The topological polar surface area (TPSA) is 49.7 Å². The van der Waals surface area contributed by atoms with Crippen molar-refractivity contribution in [2.45, 2.75) is 90.6 Å². The molecule has 0 aliphatic carbocycles. The van der Waals surface area contributed by atoms with Crippen LogP contribution >= 0.6 is 19.1 Å². The molecule has 0 aromatic heterocycles. The van der Waals surface area contributed by atoms with Crippen LogP contribution in [0.2, 0.25) is 0 Å². The van der Waals surface area contributed by atoms with Gasteiger partial charge in [0.2, 0.25) is 11.8 Å². The first-order valence-corrected chi connectivity index (χ1v) is 12.5. The van der Waals surface area contributed by atoms with E-state index in [0.29, 0.717) is 12.3 Å². The third-order valence-corrected chi connectivity index (χ3v) is 4.89. The first-order valence-electron chi connectivity index (χ1n) is 8.46. The Kier molecular flexibility index (Phi) is 7.20. The van der Waals surface area contributed by atoms with Crippen molar-refractivity contribution in [3.63, 3.8) is 0 Å². The zero-order valence-corrected chi connectivity index (χ0v) is 18.7. The second kappa shape index (κ2) is 8.41. The van der Waals surface area contributed by atoms with Crippen molar-refractivity contribution >= 4 is 30.9 Å². The van der Waals surface area contributed by atoms with Gasteiger partial charge in [0, 0.05) is 13.8 Å². The molecule has 2 atom stereocenters. The Morgan fingerprint density at radius 3 is 1.48 bits per heavy atom. The van der Waals surface area contributed by atoms with Gasteiger partial charge < -0.3 is 9.68 Å². The van der Waals surface area contributed by atoms with Crippen LogP contribution in [-0.4, -0.2) is 45.3 Å². The average molecular weight is 486 g/mol. The van der Waals surface area contributed by atoms with Gasteiger partial charge in [-0.15, -0.1) is 10.1 Å². The summed E-state index contributed by atoms with van der Waals surface area (Å²) in [5.41, 5.74) is 0.345. The van der Waals surface area contributed by atoms with Crippen LogP contribution in [0.5, 0.6) is 0 Å². The predicted octanol–water partition coefficient (Wildman–Crippen LogP) is 4.48. The van der Waals surface area contributed by atoms with Gasteiger partial charge in [0.1, 0.15) is 12.3 Å². The molecule has 0 aromatic rings. The van der Waals surface area contributed by atoms with Crippen LogP contribution in [0.25, 0.3) is 0 Å². The van der Waals surface area contributed by atoms with Crippen LogP contribution in [0.15, 0.2) is 9.98 Å². The molecule has 2 saturated heterocycles. The molecule has 4 heterocycles. The van der Waals surface area contributed by atoms with Crippen molar-refractivity contribution in [2.24, 2.45) is 9.98 Å². The van der Waals surface area contributed by atoms with Gasteiger partial charge in [-0.3, -0.25) is 0 Å². The molecule has 0 N–H and O–H groups in total. The van der Waals surface area contributed by atoms with Crippen molar-refractivity contribution in [2.75, 3.05) is 0 Å². The van der Waals surface area contributed by atoms with E-state index in [1.807, 2.05) is 24.0 Å². The molecule has 4 aliphatic rings. The summed E-state index contributed by atoms with van der Waals surface area (Å²) in [7, 11) is 9.63. The summed E-state index contributed by atoms with van der Waals surface area (Å²) in [6.45, 7) is 12.6. The summed E-state index contributed by atoms with van der Waals surface area (Å²) in [5.74, 6) is 1.62. The van der Waals surface area contributed by atoms with Gasteiger partial charge in [0.25, 0.3) is 0 Å². The standard InChI is InChI=1S/2C8H14N2O.2ClH.Pd/c2*1-6-9-7-4-5-8(2,3)10(7)11-6;;;/h2*7H,4-5H2,1-3H3;2*1H;/q;;;;+2/p-2. The third-order valence-electron chi connectivity index (χ3n) is 4.89. The molecule has 4 rings (SSSR count). The molecule has 148 valence electrons. The van der Waals surface area contributed by atoms with Gasteiger partial charge in [-0.25, -0.2) is 9.98 Å². The molecule has 0 saturated carbocycles. The third kappa shape index (κ3) is 5.09. The average Bonchev–Trinajstić information content (AvgIpc) is 3.19. The summed E-state index contributed by atoms with van der Waals surface area (Å²) in [5, 5.41) is 4.03. The Bertz CT molecular complexity index is 496. The molecule has 0 spiro atoms. The van der Waals surface area contributed by atoms with Gasteiger partial charge in [0.05, 0.1) is 11.1 Å². The number of nitrogens with zero attached hydrogens (tertiary/aromatic N) is 4. The van der Waals surface area contributed by atoms with Crippen LogP contribution in [-0.2, 0) is 25.6 Å². The van der Waals surface area contributed by atoms with Crippen LogP contribution in [0.1, 0.15) is 67.2 Å². The predicted molar refractivity (Wildman–Crippen MR) is 98.0 cm³/mol. The van der Waals surface area contributed by atoms with Gasteiger partial charge in [-0.2, -0.15) is 0 Å². The van der Waals surface area contributed by atoms with Crippen molar-refractivity contribution in [3.8, 4) is 0 Å². The number of halogens is 2.